The average molecular weight is 420 g/mol. The van der Waals surface area contributed by atoms with Crippen molar-refractivity contribution in [2.45, 2.75) is 0 Å². The number of carboxylic acid groups (broad SMARTS) is 1. The summed E-state index contributed by atoms with van der Waals surface area (Å²) in [4.78, 5) is 46.7. The summed E-state index contributed by atoms with van der Waals surface area (Å²) in [6, 6.07) is 16.9. The monoisotopic (exact) mass is 420 g/mol. The van der Waals surface area contributed by atoms with Crippen molar-refractivity contribution in [3.05, 3.63) is 95.1 Å². The molecule has 0 radical (unpaired) electrons. The van der Waals surface area contributed by atoms with E-state index in [1.165, 1.54) is 79.9 Å². The SMILES string of the molecule is COC(=O)c1ccc(C(=O)Oc2ccc(C(=O)Oc3ccc(C(=O)O)cc3)cc2)cc1. The maximum atomic E-state index is 12.2. The van der Waals surface area contributed by atoms with Crippen molar-refractivity contribution in [3.8, 4) is 11.5 Å². The molecular formula is C23H16O8. The van der Waals surface area contributed by atoms with Crippen LogP contribution in [0.15, 0.2) is 72.8 Å². The summed E-state index contributed by atoms with van der Waals surface area (Å²) in [6.07, 6.45) is 0. The zero-order valence-corrected chi connectivity index (χ0v) is 16.2. The minimum Gasteiger partial charge on any atom is -0.478 e. The zero-order valence-electron chi connectivity index (χ0n) is 16.2. The standard InChI is InChI=1S/C23H16O8/c1-29-21(26)15-2-4-16(5-3-15)22(27)31-19-12-8-17(9-13-19)23(28)30-18-10-6-14(7-11-18)20(24)25/h2-13H,1H3,(H,24,25). The number of benzene rings is 3. The van der Waals surface area contributed by atoms with Gasteiger partial charge in [0.2, 0.25) is 0 Å². The van der Waals surface area contributed by atoms with E-state index in [1.54, 1.807) is 0 Å². The quantitative estimate of drug-likeness (QED) is 0.475. The first-order valence-electron chi connectivity index (χ1n) is 8.93. The Hall–Kier alpha value is -4.46. The Morgan fingerprint density at radius 2 is 0.871 bits per heavy atom. The van der Waals surface area contributed by atoms with E-state index in [2.05, 4.69) is 4.74 Å². The molecule has 0 aliphatic carbocycles. The van der Waals surface area contributed by atoms with Crippen molar-refractivity contribution >= 4 is 23.9 Å². The number of carbonyl (C=O) groups is 4. The summed E-state index contributed by atoms with van der Waals surface area (Å²) in [5.41, 5.74) is 0.830. The highest BCUT2D eigenvalue weighted by Crippen LogP contribution is 2.18. The van der Waals surface area contributed by atoms with Crippen LogP contribution < -0.4 is 9.47 Å². The number of carboxylic acids is 1. The van der Waals surface area contributed by atoms with Gasteiger partial charge in [0.1, 0.15) is 11.5 Å². The molecule has 1 N–H and O–H groups in total. The van der Waals surface area contributed by atoms with Crippen molar-refractivity contribution in [3.63, 3.8) is 0 Å². The van der Waals surface area contributed by atoms with Crippen molar-refractivity contribution in [1.29, 1.82) is 0 Å². The minimum atomic E-state index is -1.08. The number of esters is 3. The Morgan fingerprint density at radius 3 is 1.23 bits per heavy atom. The lowest BCUT2D eigenvalue weighted by Crippen LogP contribution is -2.11. The third kappa shape index (κ3) is 5.33. The van der Waals surface area contributed by atoms with Crippen molar-refractivity contribution in [1.82, 2.24) is 0 Å². The van der Waals surface area contributed by atoms with Gasteiger partial charge >= 0.3 is 23.9 Å². The second kappa shape index (κ2) is 9.36. The first-order valence-corrected chi connectivity index (χ1v) is 8.93. The molecule has 0 saturated heterocycles. The number of ether oxygens (including phenoxy) is 3. The molecule has 0 amide bonds. The molecule has 0 saturated carbocycles. The fourth-order valence-electron chi connectivity index (χ4n) is 2.52. The molecule has 0 heterocycles. The molecule has 0 spiro atoms. The van der Waals surface area contributed by atoms with Crippen molar-refractivity contribution < 1.29 is 38.5 Å². The maximum absolute atomic E-state index is 12.2. The lowest BCUT2D eigenvalue weighted by atomic mass is 10.1. The summed E-state index contributed by atoms with van der Waals surface area (Å²) in [6.45, 7) is 0. The molecule has 0 bridgehead atoms. The van der Waals surface area contributed by atoms with Crippen molar-refractivity contribution in [2.24, 2.45) is 0 Å². The van der Waals surface area contributed by atoms with Crippen LogP contribution in [-0.4, -0.2) is 36.1 Å². The van der Waals surface area contributed by atoms with E-state index in [9.17, 15) is 19.2 Å². The van der Waals surface area contributed by atoms with Crippen LogP contribution >= 0.6 is 0 Å². The van der Waals surface area contributed by atoms with E-state index in [0.29, 0.717) is 5.56 Å². The molecule has 0 aliphatic rings. The Bertz CT molecular complexity index is 1110. The highest BCUT2D eigenvalue weighted by atomic mass is 16.5. The van der Waals surface area contributed by atoms with Crippen LogP contribution in [0, 0.1) is 0 Å². The Kier molecular flexibility index (Phi) is 6.42. The Morgan fingerprint density at radius 1 is 0.548 bits per heavy atom. The summed E-state index contributed by atoms with van der Waals surface area (Å²) in [5.74, 6) is -2.47. The first-order chi connectivity index (χ1) is 14.9. The smallest absolute Gasteiger partial charge is 0.343 e. The van der Waals surface area contributed by atoms with Crippen LogP contribution in [0.25, 0.3) is 0 Å². The van der Waals surface area contributed by atoms with E-state index < -0.39 is 23.9 Å². The molecule has 3 aromatic rings. The summed E-state index contributed by atoms with van der Waals surface area (Å²) in [7, 11) is 1.26. The topological polar surface area (TPSA) is 116 Å². The predicted octanol–water partition coefficient (Wildman–Crippen LogP) is 3.61. The number of carbonyl (C=O) groups excluding carboxylic acids is 3. The molecular weight excluding hydrogens is 404 g/mol. The van der Waals surface area contributed by atoms with Gasteiger partial charge in [-0.3, -0.25) is 0 Å². The van der Waals surface area contributed by atoms with Crippen LogP contribution in [-0.2, 0) is 4.74 Å². The van der Waals surface area contributed by atoms with Gasteiger partial charge in [-0.2, -0.15) is 0 Å². The first kappa shape index (κ1) is 21.3. The third-order valence-electron chi connectivity index (χ3n) is 4.15. The van der Waals surface area contributed by atoms with Gasteiger partial charge in [0.15, 0.2) is 0 Å². The fourth-order valence-corrected chi connectivity index (χ4v) is 2.52. The third-order valence-corrected chi connectivity index (χ3v) is 4.15. The van der Waals surface area contributed by atoms with E-state index in [0.717, 1.165) is 0 Å². The van der Waals surface area contributed by atoms with Crippen LogP contribution in [0.5, 0.6) is 11.5 Å². The molecule has 8 heteroatoms. The molecule has 8 nitrogen and oxygen atoms in total. The highest BCUT2D eigenvalue weighted by molar-refractivity contribution is 5.94. The highest BCUT2D eigenvalue weighted by Gasteiger charge is 2.13. The molecule has 0 aromatic heterocycles. The fraction of sp³-hybridized carbons (Fsp3) is 0.0435. The second-order valence-electron chi connectivity index (χ2n) is 6.20. The van der Waals surface area contributed by atoms with E-state index in [-0.39, 0.29) is 28.2 Å². The van der Waals surface area contributed by atoms with Crippen LogP contribution in [0.2, 0.25) is 0 Å². The van der Waals surface area contributed by atoms with Gasteiger partial charge in [-0.1, -0.05) is 0 Å². The molecule has 0 aliphatic heterocycles. The number of hydrogen-bond acceptors (Lipinski definition) is 7. The number of methoxy groups -OCH3 is 1. The van der Waals surface area contributed by atoms with Gasteiger partial charge in [-0.25, -0.2) is 19.2 Å². The average Bonchev–Trinajstić information content (AvgIpc) is 2.79. The van der Waals surface area contributed by atoms with Crippen molar-refractivity contribution in [2.75, 3.05) is 7.11 Å². The molecule has 156 valence electrons. The second-order valence-corrected chi connectivity index (χ2v) is 6.20. The zero-order chi connectivity index (χ0) is 22.4. The summed E-state index contributed by atoms with van der Waals surface area (Å²) >= 11 is 0. The molecule has 0 fully saturated rings. The lowest BCUT2D eigenvalue weighted by molar-refractivity contribution is 0.0598. The summed E-state index contributed by atoms with van der Waals surface area (Å²) in [5, 5.41) is 8.88. The number of rotatable bonds is 6. The normalized spacial score (nSPS) is 10.1. The van der Waals surface area contributed by atoms with Gasteiger partial charge in [0.05, 0.1) is 29.4 Å². The predicted molar refractivity (Wildman–Crippen MR) is 108 cm³/mol. The molecule has 31 heavy (non-hydrogen) atoms. The Balaban J connectivity index is 1.61. The number of aromatic carboxylic acids is 1. The lowest BCUT2D eigenvalue weighted by Gasteiger charge is -2.07. The van der Waals surface area contributed by atoms with Gasteiger partial charge in [-0.15, -0.1) is 0 Å². The number of hydrogen-bond donors (Lipinski definition) is 1. The van der Waals surface area contributed by atoms with Gasteiger partial charge in [0, 0.05) is 0 Å². The Labute approximate surface area is 176 Å². The molecule has 3 rings (SSSR count). The van der Waals surface area contributed by atoms with E-state index >= 15 is 0 Å². The van der Waals surface area contributed by atoms with Gasteiger partial charge < -0.3 is 19.3 Å². The largest absolute Gasteiger partial charge is 0.478 e. The van der Waals surface area contributed by atoms with E-state index in [4.69, 9.17) is 14.6 Å². The van der Waals surface area contributed by atoms with Crippen LogP contribution in [0.3, 0.4) is 0 Å². The van der Waals surface area contributed by atoms with Crippen LogP contribution in [0.4, 0.5) is 0 Å². The molecule has 3 aromatic carbocycles. The van der Waals surface area contributed by atoms with Gasteiger partial charge in [0.25, 0.3) is 0 Å². The molecule has 0 unspecified atom stereocenters. The van der Waals surface area contributed by atoms with Crippen LogP contribution in [0.1, 0.15) is 41.4 Å². The van der Waals surface area contributed by atoms with E-state index in [1.807, 2.05) is 0 Å². The molecule has 0 atom stereocenters. The minimum absolute atomic E-state index is 0.0749. The van der Waals surface area contributed by atoms with Gasteiger partial charge in [-0.05, 0) is 72.8 Å². The maximum Gasteiger partial charge on any atom is 0.343 e. The summed E-state index contributed by atoms with van der Waals surface area (Å²) < 4.78 is 15.0.